The topological polar surface area (TPSA) is 53.1 Å². The first-order valence-corrected chi connectivity index (χ1v) is 7.10. The normalized spacial score (nSPS) is 17.9. The molecule has 2 N–H and O–H groups in total. The quantitative estimate of drug-likeness (QED) is 0.913. The Kier molecular flexibility index (Phi) is 3.16. The van der Waals surface area contributed by atoms with Gasteiger partial charge in [-0.1, -0.05) is 6.92 Å². The fourth-order valence-corrected chi connectivity index (χ4v) is 2.92. The second-order valence-corrected chi connectivity index (χ2v) is 5.70. The molecule has 0 radical (unpaired) electrons. The van der Waals surface area contributed by atoms with E-state index in [1.165, 1.54) is 6.42 Å². The number of nitrogens with zero attached hydrogens (tertiary/aromatic N) is 2. The lowest BCUT2D eigenvalue weighted by Crippen LogP contribution is -2.19. The number of aromatic nitrogens is 2. The average molecular weight is 271 g/mol. The number of methoxy groups -OCH3 is 1. The van der Waals surface area contributed by atoms with Crippen LogP contribution in [0, 0.1) is 12.8 Å². The molecule has 0 aliphatic carbocycles. The number of aryl methyl sites for hydroxylation is 2. The third-order valence-corrected chi connectivity index (χ3v) is 4.11. The summed E-state index contributed by atoms with van der Waals surface area (Å²) in [6.07, 6.45) is 2.21. The van der Waals surface area contributed by atoms with E-state index in [0.717, 1.165) is 47.2 Å². The summed E-state index contributed by atoms with van der Waals surface area (Å²) in [5, 5.41) is 0. The summed E-state index contributed by atoms with van der Waals surface area (Å²) in [6.45, 7) is 5.28. The van der Waals surface area contributed by atoms with Crippen LogP contribution in [0.1, 0.15) is 24.7 Å². The number of nitrogen functional groups attached to an aromatic ring is 1. The molecule has 4 heteroatoms. The maximum Gasteiger partial charge on any atom is 0.131 e. The lowest BCUT2D eigenvalue weighted by molar-refractivity contribution is 0.397. The highest BCUT2D eigenvalue weighted by atomic mass is 16.5. The van der Waals surface area contributed by atoms with Crippen molar-refractivity contribution in [3.8, 4) is 17.0 Å². The van der Waals surface area contributed by atoms with Crippen LogP contribution in [0.2, 0.25) is 0 Å². The molecule has 0 saturated carbocycles. The molecule has 0 saturated heterocycles. The van der Waals surface area contributed by atoms with Crippen LogP contribution in [-0.2, 0) is 13.0 Å². The summed E-state index contributed by atoms with van der Waals surface area (Å²) in [6, 6.07) is 6.10. The summed E-state index contributed by atoms with van der Waals surface area (Å²) in [5.41, 5.74) is 9.38. The first kappa shape index (κ1) is 13.0. The molecule has 0 spiro atoms. The van der Waals surface area contributed by atoms with Crippen LogP contribution < -0.4 is 10.5 Å². The van der Waals surface area contributed by atoms with Crippen molar-refractivity contribution < 1.29 is 4.74 Å². The highest BCUT2D eigenvalue weighted by molar-refractivity contribution is 5.72. The largest absolute Gasteiger partial charge is 0.496 e. The minimum absolute atomic E-state index is 0.671. The van der Waals surface area contributed by atoms with Crippen LogP contribution in [0.25, 0.3) is 11.3 Å². The monoisotopic (exact) mass is 271 g/mol. The number of rotatable bonds is 2. The Labute approximate surface area is 119 Å². The van der Waals surface area contributed by atoms with Gasteiger partial charge in [0.05, 0.1) is 7.11 Å². The number of imidazole rings is 1. The van der Waals surface area contributed by atoms with E-state index in [-0.39, 0.29) is 0 Å². The number of ether oxygens (including phenoxy) is 1. The van der Waals surface area contributed by atoms with Crippen molar-refractivity contribution >= 4 is 5.82 Å². The molecule has 1 aromatic carbocycles. The summed E-state index contributed by atoms with van der Waals surface area (Å²) < 4.78 is 7.47. The Balaban J connectivity index is 2.05. The molecule has 1 atom stereocenters. The number of hydrogen-bond acceptors (Lipinski definition) is 3. The Morgan fingerprint density at radius 1 is 1.40 bits per heavy atom. The Morgan fingerprint density at radius 3 is 2.90 bits per heavy atom. The molecule has 2 heterocycles. The Hall–Kier alpha value is -1.97. The van der Waals surface area contributed by atoms with E-state index in [4.69, 9.17) is 15.5 Å². The zero-order valence-corrected chi connectivity index (χ0v) is 12.3. The van der Waals surface area contributed by atoms with Crippen molar-refractivity contribution in [2.24, 2.45) is 5.92 Å². The Morgan fingerprint density at radius 2 is 2.20 bits per heavy atom. The molecule has 0 bridgehead atoms. The molecule has 3 rings (SSSR count). The average Bonchev–Trinajstić information content (AvgIpc) is 2.76. The van der Waals surface area contributed by atoms with Gasteiger partial charge in [0.2, 0.25) is 0 Å². The van der Waals surface area contributed by atoms with Crippen molar-refractivity contribution in [2.75, 3.05) is 12.8 Å². The summed E-state index contributed by atoms with van der Waals surface area (Å²) >= 11 is 0. The van der Waals surface area contributed by atoms with Gasteiger partial charge in [-0.05, 0) is 43.0 Å². The number of anilines is 1. The molecule has 20 heavy (non-hydrogen) atoms. The lowest BCUT2D eigenvalue weighted by Gasteiger charge is -2.20. The van der Waals surface area contributed by atoms with E-state index in [1.54, 1.807) is 7.11 Å². The zero-order valence-electron chi connectivity index (χ0n) is 12.3. The third kappa shape index (κ3) is 2.05. The van der Waals surface area contributed by atoms with Gasteiger partial charge in [0, 0.05) is 18.5 Å². The molecule has 0 amide bonds. The SMILES string of the molecule is COc1ccc(-c2nc3n(c2N)CC(C)CC3)cc1C. The molecule has 1 aliphatic heterocycles. The molecule has 0 fully saturated rings. The standard InChI is InChI=1S/C16H21N3O/c1-10-4-7-14-18-15(16(17)19(14)9-10)12-5-6-13(20-3)11(2)8-12/h5-6,8,10H,4,7,9,17H2,1-3H3. The predicted molar refractivity (Wildman–Crippen MR) is 80.8 cm³/mol. The zero-order chi connectivity index (χ0) is 14.3. The second kappa shape index (κ2) is 4.85. The van der Waals surface area contributed by atoms with E-state index >= 15 is 0 Å². The summed E-state index contributed by atoms with van der Waals surface area (Å²) in [7, 11) is 1.69. The molecule has 1 aliphatic rings. The van der Waals surface area contributed by atoms with Crippen LogP contribution in [0.5, 0.6) is 5.75 Å². The van der Waals surface area contributed by atoms with Crippen molar-refractivity contribution in [1.82, 2.24) is 9.55 Å². The number of benzene rings is 1. The van der Waals surface area contributed by atoms with Gasteiger partial charge in [-0.2, -0.15) is 0 Å². The van der Waals surface area contributed by atoms with Gasteiger partial charge in [-0.3, -0.25) is 0 Å². The minimum atomic E-state index is 0.671. The van der Waals surface area contributed by atoms with Gasteiger partial charge in [-0.25, -0.2) is 4.98 Å². The molecule has 1 unspecified atom stereocenters. The van der Waals surface area contributed by atoms with E-state index in [9.17, 15) is 0 Å². The maximum absolute atomic E-state index is 6.31. The fourth-order valence-electron chi connectivity index (χ4n) is 2.92. The Bertz CT molecular complexity index is 645. The summed E-state index contributed by atoms with van der Waals surface area (Å²) in [4.78, 5) is 4.75. The number of nitrogens with two attached hydrogens (primary N) is 1. The van der Waals surface area contributed by atoms with E-state index in [2.05, 4.69) is 17.6 Å². The van der Waals surface area contributed by atoms with Gasteiger partial charge < -0.3 is 15.0 Å². The minimum Gasteiger partial charge on any atom is -0.496 e. The first-order valence-electron chi connectivity index (χ1n) is 7.10. The summed E-state index contributed by atoms with van der Waals surface area (Å²) in [5.74, 6) is 3.47. The fraction of sp³-hybridized carbons (Fsp3) is 0.438. The van der Waals surface area contributed by atoms with Gasteiger partial charge in [0.15, 0.2) is 0 Å². The first-order chi connectivity index (χ1) is 9.60. The van der Waals surface area contributed by atoms with E-state index in [0.29, 0.717) is 5.92 Å². The van der Waals surface area contributed by atoms with Gasteiger partial charge in [0.25, 0.3) is 0 Å². The van der Waals surface area contributed by atoms with Crippen LogP contribution in [0.15, 0.2) is 18.2 Å². The van der Waals surface area contributed by atoms with Crippen LogP contribution in [0.3, 0.4) is 0 Å². The third-order valence-electron chi connectivity index (χ3n) is 4.11. The van der Waals surface area contributed by atoms with Crippen molar-refractivity contribution in [3.63, 3.8) is 0 Å². The van der Waals surface area contributed by atoms with Crippen molar-refractivity contribution in [3.05, 3.63) is 29.6 Å². The molecular weight excluding hydrogens is 250 g/mol. The molecule has 4 nitrogen and oxygen atoms in total. The predicted octanol–water partition coefficient (Wildman–Crippen LogP) is 3.03. The smallest absolute Gasteiger partial charge is 0.131 e. The van der Waals surface area contributed by atoms with E-state index < -0.39 is 0 Å². The van der Waals surface area contributed by atoms with Crippen LogP contribution in [0.4, 0.5) is 5.82 Å². The van der Waals surface area contributed by atoms with E-state index in [1.807, 2.05) is 19.1 Å². The second-order valence-electron chi connectivity index (χ2n) is 5.70. The lowest BCUT2D eigenvalue weighted by atomic mass is 10.0. The molecule has 2 aromatic rings. The van der Waals surface area contributed by atoms with Gasteiger partial charge in [-0.15, -0.1) is 0 Å². The van der Waals surface area contributed by atoms with Crippen LogP contribution >= 0.6 is 0 Å². The number of fused-ring (bicyclic) bond motifs is 1. The van der Waals surface area contributed by atoms with Crippen molar-refractivity contribution in [1.29, 1.82) is 0 Å². The molecular formula is C16H21N3O. The molecule has 106 valence electrons. The molecule has 1 aromatic heterocycles. The van der Waals surface area contributed by atoms with Gasteiger partial charge >= 0.3 is 0 Å². The highest BCUT2D eigenvalue weighted by Gasteiger charge is 2.22. The van der Waals surface area contributed by atoms with Crippen LogP contribution in [-0.4, -0.2) is 16.7 Å². The van der Waals surface area contributed by atoms with Gasteiger partial charge in [0.1, 0.15) is 23.1 Å². The highest BCUT2D eigenvalue weighted by Crippen LogP contribution is 2.33. The van der Waals surface area contributed by atoms with Crippen molar-refractivity contribution in [2.45, 2.75) is 33.2 Å². The maximum atomic E-state index is 6.31. The number of hydrogen-bond donors (Lipinski definition) is 1.